The van der Waals surface area contributed by atoms with Gasteiger partial charge in [0, 0.05) is 6.07 Å². The number of benzene rings is 1. The van der Waals surface area contributed by atoms with Crippen LogP contribution < -0.4 is 5.14 Å². The van der Waals surface area contributed by atoms with Gasteiger partial charge >= 0.3 is 0 Å². The van der Waals surface area contributed by atoms with Gasteiger partial charge in [0.1, 0.15) is 16.5 Å². The zero-order valence-electron chi connectivity index (χ0n) is 6.09. The lowest BCUT2D eigenvalue weighted by atomic mass is 10.3. The Bertz CT molecular complexity index is 446. The second kappa shape index (κ2) is 3.32. The number of rotatable bonds is 1. The smallest absolute Gasteiger partial charge is 0.225 e. The molecule has 13 heavy (non-hydrogen) atoms. The Morgan fingerprint density at radius 3 is 2.31 bits per heavy atom. The van der Waals surface area contributed by atoms with E-state index in [1.807, 2.05) is 0 Å². The minimum atomic E-state index is -4.11. The summed E-state index contributed by atoms with van der Waals surface area (Å²) in [5.74, 6) is -2.01. The molecule has 0 bridgehead atoms. The maximum absolute atomic E-state index is 12.8. The van der Waals surface area contributed by atoms with Crippen LogP contribution in [0.15, 0.2) is 21.5 Å². The Balaban J connectivity index is 3.56. The summed E-state index contributed by atoms with van der Waals surface area (Å²) in [6, 6.07) is 1.20. The summed E-state index contributed by atoms with van der Waals surface area (Å²) in [4.78, 5) is -0.606. The number of hydrogen-bond donors (Lipinski definition) is 1. The van der Waals surface area contributed by atoms with Crippen LogP contribution in [0, 0.1) is 11.6 Å². The second-order valence-electron chi connectivity index (χ2n) is 2.24. The van der Waals surface area contributed by atoms with Crippen LogP contribution in [0.4, 0.5) is 8.78 Å². The van der Waals surface area contributed by atoms with E-state index in [-0.39, 0.29) is 4.47 Å². The highest BCUT2D eigenvalue weighted by molar-refractivity contribution is 9.10. The minimum absolute atomic E-state index is 0.364. The Hall–Kier alpha value is -0.530. The molecule has 1 rings (SSSR count). The van der Waals surface area contributed by atoms with Crippen LogP contribution in [0.1, 0.15) is 0 Å². The molecule has 7 heteroatoms. The van der Waals surface area contributed by atoms with Crippen LogP contribution in [0.2, 0.25) is 0 Å². The van der Waals surface area contributed by atoms with Crippen molar-refractivity contribution in [2.24, 2.45) is 5.14 Å². The minimum Gasteiger partial charge on any atom is -0.225 e. The van der Waals surface area contributed by atoms with Crippen molar-refractivity contribution in [3.8, 4) is 0 Å². The number of sulfonamides is 1. The topological polar surface area (TPSA) is 60.2 Å². The molecule has 0 amide bonds. The molecule has 2 N–H and O–H groups in total. The summed E-state index contributed by atoms with van der Waals surface area (Å²) < 4.78 is 46.5. The van der Waals surface area contributed by atoms with Gasteiger partial charge in [-0.3, -0.25) is 0 Å². The lowest BCUT2D eigenvalue weighted by Crippen LogP contribution is -2.13. The second-order valence-corrected chi connectivity index (χ2v) is 4.57. The van der Waals surface area contributed by atoms with Crippen LogP contribution in [-0.2, 0) is 10.0 Å². The molecule has 1 aromatic carbocycles. The summed E-state index contributed by atoms with van der Waals surface area (Å²) in [6.07, 6.45) is 0. The third-order valence-electron chi connectivity index (χ3n) is 1.27. The molecule has 0 radical (unpaired) electrons. The van der Waals surface area contributed by atoms with Crippen molar-refractivity contribution >= 4 is 26.0 Å². The van der Waals surface area contributed by atoms with E-state index in [0.29, 0.717) is 12.1 Å². The van der Waals surface area contributed by atoms with Crippen molar-refractivity contribution in [2.75, 3.05) is 0 Å². The van der Waals surface area contributed by atoms with E-state index in [1.54, 1.807) is 0 Å². The lowest BCUT2D eigenvalue weighted by molar-refractivity contribution is 0.562. The predicted octanol–water partition coefficient (Wildman–Crippen LogP) is 1.37. The van der Waals surface area contributed by atoms with Crippen LogP contribution in [0.3, 0.4) is 0 Å². The fourth-order valence-corrected chi connectivity index (χ4v) is 2.27. The van der Waals surface area contributed by atoms with Crippen LogP contribution >= 0.6 is 15.9 Å². The first-order chi connectivity index (χ1) is 5.82. The van der Waals surface area contributed by atoms with E-state index in [1.165, 1.54) is 0 Å². The maximum Gasteiger partial charge on any atom is 0.239 e. The van der Waals surface area contributed by atoms with E-state index in [4.69, 9.17) is 5.14 Å². The van der Waals surface area contributed by atoms with Crippen LogP contribution in [0.25, 0.3) is 0 Å². The maximum atomic E-state index is 12.8. The Morgan fingerprint density at radius 2 is 1.85 bits per heavy atom. The van der Waals surface area contributed by atoms with Gasteiger partial charge in [-0.05, 0) is 22.0 Å². The standard InChI is InChI=1S/C6H4BrF2NO2S/c7-6-4(9)1-3(8)2-5(6)13(10,11)12/h1-2H,(H2,10,11,12). The first-order valence-electron chi connectivity index (χ1n) is 2.99. The van der Waals surface area contributed by atoms with Gasteiger partial charge in [-0.2, -0.15) is 0 Å². The predicted molar refractivity (Wildman–Crippen MR) is 45.4 cm³/mol. The molecule has 0 heterocycles. The van der Waals surface area contributed by atoms with E-state index >= 15 is 0 Å². The Kier molecular flexibility index (Phi) is 2.69. The molecule has 0 saturated carbocycles. The largest absolute Gasteiger partial charge is 0.239 e. The van der Waals surface area contributed by atoms with Crippen LogP contribution in [-0.4, -0.2) is 8.42 Å². The molecule has 0 saturated heterocycles. The number of hydrogen-bond acceptors (Lipinski definition) is 2. The van der Waals surface area contributed by atoms with E-state index in [0.717, 1.165) is 0 Å². The van der Waals surface area contributed by atoms with Crippen molar-refractivity contribution < 1.29 is 17.2 Å². The molecular formula is C6H4BrF2NO2S. The van der Waals surface area contributed by atoms with Gasteiger partial charge in [0.15, 0.2) is 0 Å². The van der Waals surface area contributed by atoms with Gasteiger partial charge < -0.3 is 0 Å². The van der Waals surface area contributed by atoms with Gasteiger partial charge in [-0.25, -0.2) is 22.3 Å². The van der Waals surface area contributed by atoms with Crippen LogP contribution in [0.5, 0.6) is 0 Å². The zero-order chi connectivity index (χ0) is 10.2. The van der Waals surface area contributed by atoms with Gasteiger partial charge in [0.25, 0.3) is 0 Å². The highest BCUT2D eigenvalue weighted by Crippen LogP contribution is 2.24. The molecule has 0 fully saturated rings. The monoisotopic (exact) mass is 271 g/mol. The lowest BCUT2D eigenvalue weighted by Gasteiger charge is -2.02. The van der Waals surface area contributed by atoms with Gasteiger partial charge in [0.05, 0.1) is 4.47 Å². The summed E-state index contributed by atoms with van der Waals surface area (Å²) in [5.41, 5.74) is 0. The number of nitrogens with two attached hydrogens (primary N) is 1. The van der Waals surface area contributed by atoms with E-state index in [9.17, 15) is 17.2 Å². The molecule has 0 aliphatic carbocycles. The first-order valence-corrected chi connectivity index (χ1v) is 5.33. The quantitative estimate of drug-likeness (QED) is 0.785. The Morgan fingerprint density at radius 1 is 1.31 bits per heavy atom. The number of primary sulfonamides is 1. The average molecular weight is 272 g/mol. The summed E-state index contributed by atoms with van der Waals surface area (Å²) in [7, 11) is -4.11. The van der Waals surface area contributed by atoms with Crippen molar-refractivity contribution in [1.29, 1.82) is 0 Å². The molecule has 0 unspecified atom stereocenters. The molecular weight excluding hydrogens is 268 g/mol. The summed E-state index contributed by atoms with van der Waals surface area (Å²) in [6.45, 7) is 0. The van der Waals surface area contributed by atoms with Crippen molar-refractivity contribution in [1.82, 2.24) is 0 Å². The Labute approximate surface area is 81.7 Å². The highest BCUT2D eigenvalue weighted by atomic mass is 79.9. The molecule has 72 valence electrons. The molecule has 0 spiro atoms. The zero-order valence-corrected chi connectivity index (χ0v) is 8.49. The van der Waals surface area contributed by atoms with Crippen molar-refractivity contribution in [2.45, 2.75) is 4.90 Å². The highest BCUT2D eigenvalue weighted by Gasteiger charge is 2.17. The third kappa shape index (κ3) is 2.23. The molecule has 0 aromatic heterocycles. The summed E-state index contributed by atoms with van der Waals surface area (Å²) >= 11 is 2.65. The van der Waals surface area contributed by atoms with E-state index < -0.39 is 26.6 Å². The van der Waals surface area contributed by atoms with E-state index in [2.05, 4.69) is 15.9 Å². The first kappa shape index (κ1) is 10.6. The fraction of sp³-hybridized carbons (Fsp3) is 0. The normalized spacial score (nSPS) is 11.7. The van der Waals surface area contributed by atoms with Crippen molar-refractivity contribution in [3.63, 3.8) is 0 Å². The molecule has 1 aromatic rings. The van der Waals surface area contributed by atoms with Crippen molar-refractivity contribution in [3.05, 3.63) is 28.2 Å². The molecule has 3 nitrogen and oxygen atoms in total. The SMILES string of the molecule is NS(=O)(=O)c1cc(F)cc(F)c1Br. The van der Waals surface area contributed by atoms with Gasteiger partial charge in [-0.15, -0.1) is 0 Å². The number of halogens is 3. The molecule has 0 aliphatic rings. The third-order valence-corrected chi connectivity index (χ3v) is 3.27. The fourth-order valence-electron chi connectivity index (χ4n) is 0.739. The average Bonchev–Trinajstić information content (AvgIpc) is 1.94. The van der Waals surface area contributed by atoms with Gasteiger partial charge in [-0.1, -0.05) is 0 Å². The summed E-state index contributed by atoms with van der Waals surface area (Å²) in [5, 5.41) is 4.70. The molecule has 0 atom stereocenters. The molecule has 0 aliphatic heterocycles. The van der Waals surface area contributed by atoms with Gasteiger partial charge in [0.2, 0.25) is 10.0 Å².